The Balaban J connectivity index is 2.20. The van der Waals surface area contributed by atoms with Gasteiger partial charge in [-0.25, -0.2) is 8.42 Å². The van der Waals surface area contributed by atoms with Crippen molar-refractivity contribution in [3.05, 3.63) is 65.7 Å². The summed E-state index contributed by atoms with van der Waals surface area (Å²) in [6, 6.07) is 15.4. The highest BCUT2D eigenvalue weighted by Crippen LogP contribution is 2.16. The summed E-state index contributed by atoms with van der Waals surface area (Å²) in [5, 5.41) is 2.91. The summed E-state index contributed by atoms with van der Waals surface area (Å²) in [5.74, 6) is -0.675. The molecule has 0 saturated carbocycles. The van der Waals surface area contributed by atoms with Crippen molar-refractivity contribution in [1.82, 2.24) is 14.5 Å². The molecule has 2 rings (SSSR count). The van der Waals surface area contributed by atoms with Crippen LogP contribution in [-0.2, 0) is 26.0 Å². The summed E-state index contributed by atoms with van der Waals surface area (Å²) in [6.45, 7) is 7.37. The molecule has 33 heavy (non-hydrogen) atoms. The number of benzene rings is 2. The number of sulfonamides is 1. The molecule has 0 spiro atoms. The number of hydrogen-bond donors (Lipinski definition) is 1. The second-order valence-electron chi connectivity index (χ2n) is 8.39. The van der Waals surface area contributed by atoms with Gasteiger partial charge in [0.25, 0.3) is 0 Å². The Hall–Kier alpha value is -2.71. The molecule has 180 valence electrons. The van der Waals surface area contributed by atoms with Gasteiger partial charge in [0, 0.05) is 19.6 Å². The maximum atomic E-state index is 13.2. The van der Waals surface area contributed by atoms with E-state index in [4.69, 9.17) is 0 Å². The number of rotatable bonds is 11. The van der Waals surface area contributed by atoms with Crippen LogP contribution in [0.1, 0.15) is 38.3 Å². The van der Waals surface area contributed by atoms with Crippen LogP contribution in [0.3, 0.4) is 0 Å². The van der Waals surface area contributed by atoms with Gasteiger partial charge in [0.15, 0.2) is 0 Å². The predicted molar refractivity (Wildman–Crippen MR) is 130 cm³/mol. The largest absolute Gasteiger partial charge is 0.352 e. The summed E-state index contributed by atoms with van der Waals surface area (Å²) < 4.78 is 26.9. The highest BCUT2D eigenvalue weighted by atomic mass is 32.2. The van der Waals surface area contributed by atoms with Crippen molar-refractivity contribution in [1.29, 1.82) is 0 Å². The average Bonchev–Trinajstić information content (AvgIpc) is 2.79. The zero-order chi connectivity index (χ0) is 24.6. The van der Waals surface area contributed by atoms with E-state index in [0.717, 1.165) is 21.9 Å². The highest BCUT2D eigenvalue weighted by molar-refractivity contribution is 7.89. The highest BCUT2D eigenvalue weighted by Gasteiger charge is 2.30. The van der Waals surface area contributed by atoms with Crippen molar-refractivity contribution in [2.75, 3.05) is 20.1 Å². The molecule has 0 aliphatic rings. The van der Waals surface area contributed by atoms with Gasteiger partial charge in [-0.3, -0.25) is 9.59 Å². The van der Waals surface area contributed by atoms with Gasteiger partial charge < -0.3 is 10.2 Å². The van der Waals surface area contributed by atoms with Crippen LogP contribution in [0.2, 0.25) is 0 Å². The first-order chi connectivity index (χ1) is 15.6. The zero-order valence-electron chi connectivity index (χ0n) is 20.1. The van der Waals surface area contributed by atoms with Crippen LogP contribution in [0.25, 0.3) is 0 Å². The van der Waals surface area contributed by atoms with Crippen LogP contribution >= 0.6 is 0 Å². The van der Waals surface area contributed by atoms with E-state index in [1.165, 1.54) is 24.1 Å². The van der Waals surface area contributed by atoms with E-state index in [1.807, 2.05) is 51.1 Å². The molecular weight excluding hydrogens is 438 g/mol. The smallest absolute Gasteiger partial charge is 0.243 e. The third-order valence-electron chi connectivity index (χ3n) is 5.74. The minimum absolute atomic E-state index is 0.0179. The molecule has 0 aliphatic carbocycles. The van der Waals surface area contributed by atoms with Gasteiger partial charge in [0.1, 0.15) is 6.04 Å². The van der Waals surface area contributed by atoms with Gasteiger partial charge in [0.05, 0.1) is 11.4 Å². The Bertz CT molecular complexity index is 1020. The number of aryl methyl sites for hydroxylation is 1. The summed E-state index contributed by atoms with van der Waals surface area (Å²) in [7, 11) is -2.45. The second-order valence-corrected chi connectivity index (χ2v) is 10.4. The summed E-state index contributed by atoms with van der Waals surface area (Å²) in [4.78, 5) is 27.6. The molecular formula is C25H35N3O4S. The lowest BCUT2D eigenvalue weighted by Gasteiger charge is -2.31. The second kappa shape index (κ2) is 12.0. The predicted octanol–water partition coefficient (Wildman–Crippen LogP) is 2.99. The summed E-state index contributed by atoms with van der Waals surface area (Å²) in [5.41, 5.74) is 1.98. The first-order valence-electron chi connectivity index (χ1n) is 11.2. The van der Waals surface area contributed by atoms with Crippen molar-refractivity contribution in [3.8, 4) is 0 Å². The van der Waals surface area contributed by atoms with Gasteiger partial charge in [-0.15, -0.1) is 0 Å². The molecule has 2 amide bonds. The number of hydrogen-bond acceptors (Lipinski definition) is 4. The molecule has 1 N–H and O–H groups in total. The van der Waals surface area contributed by atoms with E-state index in [2.05, 4.69) is 5.32 Å². The van der Waals surface area contributed by atoms with Crippen LogP contribution < -0.4 is 5.32 Å². The Labute approximate surface area is 197 Å². The quantitative estimate of drug-likeness (QED) is 0.544. The fraction of sp³-hybridized carbons (Fsp3) is 0.440. The van der Waals surface area contributed by atoms with Crippen molar-refractivity contribution in [2.24, 2.45) is 0 Å². The molecule has 7 nitrogen and oxygen atoms in total. The topological polar surface area (TPSA) is 86.8 Å². The third kappa shape index (κ3) is 7.40. The van der Waals surface area contributed by atoms with E-state index < -0.39 is 22.0 Å². The Morgan fingerprint density at radius 3 is 2.18 bits per heavy atom. The van der Waals surface area contributed by atoms with E-state index in [-0.39, 0.29) is 23.4 Å². The lowest BCUT2D eigenvalue weighted by Crippen LogP contribution is -2.52. The van der Waals surface area contributed by atoms with Crippen LogP contribution in [0.5, 0.6) is 0 Å². The standard InChI is InChI=1S/C25H35N3O4S/c1-6-20(3)26-25(30)21(4)28(17-16-22-10-8-7-9-11-22)24(29)18-27(5)33(31,32)23-14-12-19(2)13-15-23/h7-15,20-21H,6,16-18H2,1-5H3,(H,26,30). The van der Waals surface area contributed by atoms with E-state index >= 15 is 0 Å². The SMILES string of the molecule is CCC(C)NC(=O)C(C)N(CCc1ccccc1)C(=O)CN(C)S(=O)(=O)c1ccc(C)cc1. The Morgan fingerprint density at radius 1 is 1.00 bits per heavy atom. The van der Waals surface area contributed by atoms with E-state index in [0.29, 0.717) is 13.0 Å². The van der Waals surface area contributed by atoms with E-state index in [9.17, 15) is 18.0 Å². The number of carbonyl (C=O) groups excluding carboxylic acids is 2. The van der Waals surface area contributed by atoms with Crippen molar-refractivity contribution in [2.45, 2.75) is 57.5 Å². The average molecular weight is 474 g/mol. The summed E-state index contributed by atoms with van der Waals surface area (Å²) in [6.07, 6.45) is 1.33. The van der Waals surface area contributed by atoms with Crippen molar-refractivity contribution in [3.63, 3.8) is 0 Å². The minimum Gasteiger partial charge on any atom is -0.352 e. The lowest BCUT2D eigenvalue weighted by molar-refractivity contribution is -0.140. The first kappa shape index (κ1) is 26.5. The van der Waals surface area contributed by atoms with Gasteiger partial charge in [-0.1, -0.05) is 55.0 Å². The third-order valence-corrected chi connectivity index (χ3v) is 7.56. The number of amides is 2. The molecule has 0 fully saturated rings. The maximum absolute atomic E-state index is 13.2. The molecule has 0 aliphatic heterocycles. The molecule has 8 heteroatoms. The molecule has 0 heterocycles. The van der Waals surface area contributed by atoms with Crippen LogP contribution in [0, 0.1) is 6.92 Å². The molecule has 0 radical (unpaired) electrons. The number of likely N-dealkylation sites (N-methyl/N-ethyl adjacent to an activating group) is 1. The Morgan fingerprint density at radius 2 is 1.61 bits per heavy atom. The molecule has 2 aromatic carbocycles. The number of carbonyl (C=O) groups is 2. The molecule has 2 unspecified atom stereocenters. The van der Waals surface area contributed by atoms with Gasteiger partial charge in [-0.05, 0) is 51.3 Å². The fourth-order valence-corrected chi connectivity index (χ4v) is 4.41. The van der Waals surface area contributed by atoms with E-state index in [1.54, 1.807) is 19.1 Å². The van der Waals surface area contributed by atoms with Gasteiger partial charge >= 0.3 is 0 Å². The molecule has 2 aromatic rings. The van der Waals surface area contributed by atoms with Crippen LogP contribution in [0.15, 0.2) is 59.5 Å². The zero-order valence-corrected chi connectivity index (χ0v) is 20.9. The number of nitrogens with zero attached hydrogens (tertiary/aromatic N) is 2. The molecule has 0 bridgehead atoms. The normalized spacial score (nSPS) is 13.4. The molecule has 2 atom stereocenters. The van der Waals surface area contributed by atoms with Gasteiger partial charge in [0.2, 0.25) is 21.8 Å². The minimum atomic E-state index is -3.84. The monoisotopic (exact) mass is 473 g/mol. The van der Waals surface area contributed by atoms with Crippen molar-refractivity contribution < 1.29 is 18.0 Å². The fourth-order valence-electron chi connectivity index (χ4n) is 3.29. The maximum Gasteiger partial charge on any atom is 0.243 e. The first-order valence-corrected chi connectivity index (χ1v) is 12.7. The van der Waals surface area contributed by atoms with Gasteiger partial charge in [-0.2, -0.15) is 4.31 Å². The molecule has 0 aromatic heterocycles. The van der Waals surface area contributed by atoms with Crippen molar-refractivity contribution >= 4 is 21.8 Å². The Kier molecular flexibility index (Phi) is 9.61. The van der Waals surface area contributed by atoms with Crippen LogP contribution in [-0.4, -0.2) is 61.7 Å². The summed E-state index contributed by atoms with van der Waals surface area (Å²) >= 11 is 0. The molecule has 0 saturated heterocycles. The lowest BCUT2D eigenvalue weighted by atomic mass is 10.1. The number of nitrogens with one attached hydrogen (secondary N) is 1. The van der Waals surface area contributed by atoms with Crippen LogP contribution in [0.4, 0.5) is 0 Å².